The number of rotatable bonds is 7. The Balaban J connectivity index is 1.99. The molecule has 2 N–H and O–H groups in total. The number of carbonyl (C=O) groups excluding carboxylic acids is 2. The molecule has 2 aromatic carbocycles. The zero-order valence-electron chi connectivity index (χ0n) is 13.9. The van der Waals surface area contributed by atoms with Crippen LogP contribution in [0.3, 0.4) is 0 Å². The van der Waals surface area contributed by atoms with Crippen LogP contribution >= 0.6 is 0 Å². The van der Waals surface area contributed by atoms with Crippen molar-refractivity contribution < 1.29 is 27.1 Å². The normalized spacial score (nSPS) is 11.0. The molecule has 2 rings (SSSR count). The third-order valence-corrected chi connectivity index (χ3v) is 4.85. The predicted octanol–water partition coefficient (Wildman–Crippen LogP) is 1.92. The molecule has 0 bridgehead atoms. The minimum atomic E-state index is -3.78. The maximum Gasteiger partial charge on any atom is 0.306 e. The van der Waals surface area contributed by atoms with E-state index < -0.39 is 27.7 Å². The summed E-state index contributed by atoms with van der Waals surface area (Å²) in [6, 6.07) is 10.5. The Labute approximate surface area is 150 Å². The molecule has 0 aromatic heterocycles. The van der Waals surface area contributed by atoms with E-state index in [1.807, 2.05) is 0 Å². The van der Waals surface area contributed by atoms with Gasteiger partial charge in [0.25, 0.3) is 5.91 Å². The van der Waals surface area contributed by atoms with Crippen LogP contribution in [0.1, 0.15) is 16.8 Å². The number of ether oxygens (including phenoxy) is 1. The molecule has 0 radical (unpaired) electrons. The number of amides is 1. The number of benzene rings is 2. The number of hydrogen-bond acceptors (Lipinski definition) is 5. The van der Waals surface area contributed by atoms with Crippen molar-refractivity contribution in [2.45, 2.75) is 11.3 Å². The molecular weight excluding hydrogens is 363 g/mol. The summed E-state index contributed by atoms with van der Waals surface area (Å²) in [5.41, 5.74) is 0.653. The first kappa shape index (κ1) is 19.5. The van der Waals surface area contributed by atoms with Crippen molar-refractivity contribution in [2.24, 2.45) is 0 Å². The van der Waals surface area contributed by atoms with Gasteiger partial charge in [0.2, 0.25) is 10.0 Å². The number of carbonyl (C=O) groups is 2. The summed E-state index contributed by atoms with van der Waals surface area (Å²) >= 11 is 0. The van der Waals surface area contributed by atoms with Gasteiger partial charge in [-0.1, -0.05) is 0 Å². The molecule has 138 valence electrons. The largest absolute Gasteiger partial charge is 0.469 e. The average Bonchev–Trinajstić information content (AvgIpc) is 2.62. The zero-order valence-corrected chi connectivity index (χ0v) is 14.7. The van der Waals surface area contributed by atoms with Gasteiger partial charge in [-0.3, -0.25) is 9.59 Å². The van der Waals surface area contributed by atoms with Gasteiger partial charge < -0.3 is 10.1 Å². The molecule has 0 unspecified atom stereocenters. The Morgan fingerprint density at radius 2 is 1.65 bits per heavy atom. The van der Waals surface area contributed by atoms with Gasteiger partial charge in [0, 0.05) is 17.8 Å². The topological polar surface area (TPSA) is 102 Å². The van der Waals surface area contributed by atoms with Crippen molar-refractivity contribution in [1.29, 1.82) is 0 Å². The molecule has 0 atom stereocenters. The van der Waals surface area contributed by atoms with Crippen LogP contribution in [0.4, 0.5) is 10.1 Å². The summed E-state index contributed by atoms with van der Waals surface area (Å²) in [6.45, 7) is -0.0853. The number of halogens is 1. The van der Waals surface area contributed by atoms with Crippen molar-refractivity contribution >= 4 is 27.6 Å². The lowest BCUT2D eigenvalue weighted by molar-refractivity contribution is -0.140. The molecule has 7 nitrogen and oxygen atoms in total. The molecule has 26 heavy (non-hydrogen) atoms. The molecule has 0 heterocycles. The number of esters is 1. The van der Waals surface area contributed by atoms with Crippen molar-refractivity contribution in [3.63, 3.8) is 0 Å². The lowest BCUT2D eigenvalue weighted by Crippen LogP contribution is -2.26. The molecule has 9 heteroatoms. The standard InChI is InChI=1S/C17H17FN2O5S/c1-25-16(21)10-11-19-26(23,24)15-8-6-14(7-9-15)20-17(22)12-2-4-13(18)5-3-12/h2-9,19H,10-11H2,1H3,(H,20,22). The fraction of sp³-hybridized carbons (Fsp3) is 0.176. The van der Waals surface area contributed by atoms with Crippen LogP contribution in [0.5, 0.6) is 0 Å². The van der Waals surface area contributed by atoms with E-state index in [-0.39, 0.29) is 23.4 Å². The molecule has 1 amide bonds. The van der Waals surface area contributed by atoms with E-state index in [0.29, 0.717) is 5.69 Å². The fourth-order valence-electron chi connectivity index (χ4n) is 1.99. The average molecular weight is 380 g/mol. The third kappa shape index (κ3) is 5.36. The van der Waals surface area contributed by atoms with Crippen LogP contribution in [0.2, 0.25) is 0 Å². The second-order valence-electron chi connectivity index (χ2n) is 5.21. The summed E-state index contributed by atoms with van der Waals surface area (Å²) < 4.78 is 43.8. The van der Waals surface area contributed by atoms with Gasteiger partial charge in [0.05, 0.1) is 18.4 Å². The zero-order chi connectivity index (χ0) is 19.2. The molecule has 0 saturated carbocycles. The smallest absolute Gasteiger partial charge is 0.306 e. The van der Waals surface area contributed by atoms with Crippen molar-refractivity contribution in [3.05, 3.63) is 59.9 Å². The van der Waals surface area contributed by atoms with Gasteiger partial charge in [-0.15, -0.1) is 0 Å². The number of methoxy groups -OCH3 is 1. The fourth-order valence-corrected chi connectivity index (χ4v) is 3.03. The Morgan fingerprint density at radius 1 is 1.04 bits per heavy atom. The van der Waals surface area contributed by atoms with E-state index in [2.05, 4.69) is 14.8 Å². The van der Waals surface area contributed by atoms with Gasteiger partial charge in [-0.05, 0) is 48.5 Å². The van der Waals surface area contributed by atoms with Crippen LogP contribution in [-0.2, 0) is 19.6 Å². The lowest BCUT2D eigenvalue weighted by Gasteiger charge is -2.08. The molecule has 0 aliphatic carbocycles. The molecule has 0 fully saturated rings. The molecule has 0 aliphatic rings. The molecule has 0 spiro atoms. The summed E-state index contributed by atoms with van der Waals surface area (Å²) in [4.78, 5) is 23.0. The molecular formula is C17H17FN2O5S. The van der Waals surface area contributed by atoms with E-state index in [0.717, 1.165) is 0 Å². The SMILES string of the molecule is COC(=O)CCNS(=O)(=O)c1ccc(NC(=O)c2ccc(F)cc2)cc1. The Kier molecular flexibility index (Phi) is 6.42. The van der Waals surface area contributed by atoms with Crippen molar-refractivity contribution in [1.82, 2.24) is 4.72 Å². The second kappa shape index (κ2) is 8.54. The number of sulfonamides is 1. The molecule has 2 aromatic rings. The highest BCUT2D eigenvalue weighted by atomic mass is 32.2. The van der Waals surface area contributed by atoms with Gasteiger partial charge in [-0.2, -0.15) is 0 Å². The van der Waals surface area contributed by atoms with Gasteiger partial charge in [-0.25, -0.2) is 17.5 Å². The van der Waals surface area contributed by atoms with Gasteiger partial charge in [0.1, 0.15) is 5.82 Å². The summed E-state index contributed by atoms with van der Waals surface area (Å²) in [5.74, 6) is -1.42. The van der Waals surface area contributed by atoms with E-state index in [4.69, 9.17) is 0 Å². The maximum absolute atomic E-state index is 12.9. The first-order valence-electron chi connectivity index (χ1n) is 7.55. The minimum absolute atomic E-state index is 0.0119. The van der Waals surface area contributed by atoms with Gasteiger partial charge >= 0.3 is 5.97 Å². The van der Waals surface area contributed by atoms with Crippen LogP contribution in [0.15, 0.2) is 53.4 Å². The first-order valence-corrected chi connectivity index (χ1v) is 9.03. The van der Waals surface area contributed by atoms with E-state index >= 15 is 0 Å². The highest BCUT2D eigenvalue weighted by Crippen LogP contribution is 2.15. The van der Waals surface area contributed by atoms with E-state index in [9.17, 15) is 22.4 Å². The Hall–Kier alpha value is -2.78. The number of anilines is 1. The highest BCUT2D eigenvalue weighted by Gasteiger charge is 2.14. The highest BCUT2D eigenvalue weighted by molar-refractivity contribution is 7.89. The maximum atomic E-state index is 12.9. The molecule has 0 saturated heterocycles. The second-order valence-corrected chi connectivity index (χ2v) is 6.98. The monoisotopic (exact) mass is 380 g/mol. The molecule has 0 aliphatic heterocycles. The van der Waals surface area contributed by atoms with Crippen molar-refractivity contribution in [3.8, 4) is 0 Å². The van der Waals surface area contributed by atoms with E-state index in [1.165, 1.54) is 55.6 Å². The van der Waals surface area contributed by atoms with Crippen LogP contribution in [-0.4, -0.2) is 33.9 Å². The first-order chi connectivity index (χ1) is 12.3. The van der Waals surface area contributed by atoms with Crippen molar-refractivity contribution in [2.75, 3.05) is 19.0 Å². The summed E-state index contributed by atoms with van der Waals surface area (Å²) in [6.07, 6.45) is -0.0818. The van der Waals surface area contributed by atoms with Gasteiger partial charge in [0.15, 0.2) is 0 Å². The van der Waals surface area contributed by atoms with Crippen LogP contribution < -0.4 is 10.0 Å². The number of hydrogen-bond donors (Lipinski definition) is 2. The predicted molar refractivity (Wildman–Crippen MR) is 92.6 cm³/mol. The minimum Gasteiger partial charge on any atom is -0.469 e. The van der Waals surface area contributed by atoms with Crippen LogP contribution in [0, 0.1) is 5.82 Å². The Bertz CT molecular complexity index is 880. The quantitative estimate of drug-likeness (QED) is 0.715. The van der Waals surface area contributed by atoms with E-state index in [1.54, 1.807) is 0 Å². The lowest BCUT2D eigenvalue weighted by atomic mass is 10.2. The Morgan fingerprint density at radius 3 is 2.23 bits per heavy atom. The summed E-state index contributed by atoms with van der Waals surface area (Å²) in [7, 11) is -2.56. The summed E-state index contributed by atoms with van der Waals surface area (Å²) in [5, 5.41) is 2.58. The number of nitrogens with one attached hydrogen (secondary N) is 2. The van der Waals surface area contributed by atoms with Crippen LogP contribution in [0.25, 0.3) is 0 Å². The third-order valence-electron chi connectivity index (χ3n) is 3.38.